The summed E-state index contributed by atoms with van der Waals surface area (Å²) in [5.74, 6) is -1.71. The summed E-state index contributed by atoms with van der Waals surface area (Å²) in [6.07, 6.45) is -3.26. The molecule has 0 saturated carbocycles. The zero-order chi connectivity index (χ0) is 13.7. The highest BCUT2D eigenvalue weighted by Gasteiger charge is 2.21. The molecule has 0 aliphatic heterocycles. The molecule has 0 heterocycles. The van der Waals surface area contributed by atoms with Crippen molar-refractivity contribution in [1.82, 2.24) is 0 Å². The fourth-order valence-electron chi connectivity index (χ4n) is 1.45. The van der Waals surface area contributed by atoms with Gasteiger partial charge in [0.25, 0.3) is 0 Å². The van der Waals surface area contributed by atoms with Crippen LogP contribution in [0.25, 0.3) is 0 Å². The molecule has 0 spiro atoms. The quantitative estimate of drug-likeness (QED) is 0.655. The van der Waals surface area contributed by atoms with Gasteiger partial charge in [-0.2, -0.15) is 0 Å². The van der Waals surface area contributed by atoms with Gasteiger partial charge in [-0.25, -0.2) is 4.79 Å². The van der Waals surface area contributed by atoms with Gasteiger partial charge in [-0.3, -0.25) is 4.79 Å². The highest BCUT2D eigenvalue weighted by Crippen LogP contribution is 2.19. The van der Waals surface area contributed by atoms with Gasteiger partial charge < -0.3 is 20.1 Å². The normalized spacial score (nSPS) is 13.7. The van der Waals surface area contributed by atoms with Crippen LogP contribution in [-0.2, 0) is 9.53 Å². The molecule has 0 saturated heterocycles. The lowest BCUT2D eigenvalue weighted by atomic mass is 10.0. The summed E-state index contributed by atoms with van der Waals surface area (Å²) in [6, 6.07) is 5.72. The predicted molar refractivity (Wildman–Crippen MR) is 61.0 cm³/mol. The Morgan fingerprint density at radius 1 is 1.22 bits per heavy atom. The highest BCUT2D eigenvalue weighted by molar-refractivity contribution is 5.89. The molecule has 1 rings (SSSR count). The standard InChI is InChI=1S/C12H14O6/c1-18-12(17)8-4-2-7(3-5-8)11(16)9(13)6-10(14)15/h2-5,9,11,13,16H,6H2,1H3,(H,14,15). The summed E-state index contributed by atoms with van der Waals surface area (Å²) in [7, 11) is 1.25. The third kappa shape index (κ3) is 3.54. The smallest absolute Gasteiger partial charge is 0.337 e. The Morgan fingerprint density at radius 2 is 1.78 bits per heavy atom. The van der Waals surface area contributed by atoms with Crippen LogP contribution in [0.4, 0.5) is 0 Å². The molecule has 0 radical (unpaired) electrons. The number of aliphatic carboxylic acids is 1. The number of hydrogen-bond donors (Lipinski definition) is 3. The first-order valence-electron chi connectivity index (χ1n) is 5.22. The molecule has 0 amide bonds. The van der Waals surface area contributed by atoms with Crippen LogP contribution in [-0.4, -0.2) is 40.5 Å². The Morgan fingerprint density at radius 3 is 2.22 bits per heavy atom. The monoisotopic (exact) mass is 254 g/mol. The summed E-state index contributed by atoms with van der Waals surface area (Å²) >= 11 is 0. The van der Waals surface area contributed by atoms with E-state index in [0.717, 1.165) is 0 Å². The van der Waals surface area contributed by atoms with Crippen LogP contribution in [0.5, 0.6) is 0 Å². The Balaban J connectivity index is 2.78. The Bertz CT molecular complexity index is 425. The Labute approximate surface area is 103 Å². The lowest BCUT2D eigenvalue weighted by Crippen LogP contribution is -2.21. The molecule has 0 aliphatic carbocycles. The van der Waals surface area contributed by atoms with Crippen molar-refractivity contribution in [3.8, 4) is 0 Å². The zero-order valence-electron chi connectivity index (χ0n) is 9.74. The van der Waals surface area contributed by atoms with Crippen molar-refractivity contribution in [1.29, 1.82) is 0 Å². The van der Waals surface area contributed by atoms with E-state index < -0.39 is 30.6 Å². The van der Waals surface area contributed by atoms with Crippen LogP contribution in [0.2, 0.25) is 0 Å². The molecule has 0 aliphatic rings. The molecule has 18 heavy (non-hydrogen) atoms. The fraction of sp³-hybridized carbons (Fsp3) is 0.333. The second-order valence-electron chi connectivity index (χ2n) is 3.72. The largest absolute Gasteiger partial charge is 0.481 e. The van der Waals surface area contributed by atoms with Gasteiger partial charge >= 0.3 is 11.9 Å². The van der Waals surface area contributed by atoms with Gasteiger partial charge in [-0.05, 0) is 17.7 Å². The maximum Gasteiger partial charge on any atom is 0.337 e. The first-order chi connectivity index (χ1) is 8.45. The van der Waals surface area contributed by atoms with Gasteiger partial charge in [0, 0.05) is 0 Å². The van der Waals surface area contributed by atoms with Crippen molar-refractivity contribution in [2.75, 3.05) is 7.11 Å². The number of esters is 1. The average Bonchev–Trinajstić information content (AvgIpc) is 2.36. The second-order valence-corrected chi connectivity index (χ2v) is 3.72. The fourth-order valence-corrected chi connectivity index (χ4v) is 1.45. The number of aliphatic hydroxyl groups excluding tert-OH is 2. The highest BCUT2D eigenvalue weighted by atomic mass is 16.5. The molecule has 6 nitrogen and oxygen atoms in total. The van der Waals surface area contributed by atoms with Gasteiger partial charge in [0.05, 0.1) is 25.2 Å². The number of hydrogen-bond acceptors (Lipinski definition) is 5. The van der Waals surface area contributed by atoms with E-state index in [9.17, 15) is 19.8 Å². The van der Waals surface area contributed by atoms with E-state index in [0.29, 0.717) is 11.1 Å². The third-order valence-electron chi connectivity index (χ3n) is 2.42. The van der Waals surface area contributed by atoms with Crippen LogP contribution >= 0.6 is 0 Å². The molecule has 2 atom stereocenters. The molecule has 1 aromatic carbocycles. The van der Waals surface area contributed by atoms with Crippen LogP contribution in [0.3, 0.4) is 0 Å². The van der Waals surface area contributed by atoms with Crippen LogP contribution in [0.1, 0.15) is 28.4 Å². The minimum Gasteiger partial charge on any atom is -0.481 e. The third-order valence-corrected chi connectivity index (χ3v) is 2.42. The summed E-state index contributed by atoms with van der Waals surface area (Å²) < 4.78 is 4.51. The minimum atomic E-state index is -1.40. The van der Waals surface area contributed by atoms with E-state index in [1.54, 1.807) is 0 Å². The maximum absolute atomic E-state index is 11.2. The van der Waals surface area contributed by atoms with E-state index in [1.807, 2.05) is 0 Å². The predicted octanol–water partition coefficient (Wildman–Crippen LogP) is 0.342. The van der Waals surface area contributed by atoms with E-state index in [2.05, 4.69) is 4.74 Å². The van der Waals surface area contributed by atoms with Crippen molar-refractivity contribution in [3.05, 3.63) is 35.4 Å². The first kappa shape index (κ1) is 14.1. The molecule has 0 aromatic heterocycles. The van der Waals surface area contributed by atoms with Gasteiger partial charge in [-0.1, -0.05) is 12.1 Å². The van der Waals surface area contributed by atoms with Gasteiger partial charge in [0.2, 0.25) is 0 Å². The number of aliphatic hydroxyl groups is 2. The molecule has 98 valence electrons. The molecule has 0 bridgehead atoms. The Hall–Kier alpha value is -1.92. The van der Waals surface area contributed by atoms with Crippen molar-refractivity contribution >= 4 is 11.9 Å². The summed E-state index contributed by atoms with van der Waals surface area (Å²) in [5, 5.41) is 27.6. The second kappa shape index (κ2) is 6.13. The molecule has 2 unspecified atom stereocenters. The number of carboxylic acid groups (broad SMARTS) is 1. The van der Waals surface area contributed by atoms with Crippen LogP contribution in [0, 0.1) is 0 Å². The number of methoxy groups -OCH3 is 1. The molecular weight excluding hydrogens is 240 g/mol. The molecule has 1 aromatic rings. The molecular formula is C12H14O6. The van der Waals surface area contributed by atoms with E-state index in [-0.39, 0.29) is 0 Å². The van der Waals surface area contributed by atoms with E-state index in [4.69, 9.17) is 5.11 Å². The number of carbonyl (C=O) groups is 2. The number of ether oxygens (including phenoxy) is 1. The first-order valence-corrected chi connectivity index (χ1v) is 5.22. The summed E-state index contributed by atoms with van der Waals surface area (Å²) in [4.78, 5) is 21.6. The number of carboxylic acids is 1. The van der Waals surface area contributed by atoms with Crippen molar-refractivity contribution in [2.45, 2.75) is 18.6 Å². The zero-order valence-corrected chi connectivity index (χ0v) is 9.74. The molecule has 6 heteroatoms. The van der Waals surface area contributed by atoms with Crippen molar-refractivity contribution < 1.29 is 29.6 Å². The Kier molecular flexibility index (Phi) is 4.82. The molecule has 0 fully saturated rings. The van der Waals surface area contributed by atoms with E-state index >= 15 is 0 Å². The maximum atomic E-state index is 11.2. The van der Waals surface area contributed by atoms with Gasteiger partial charge in [0.1, 0.15) is 6.10 Å². The van der Waals surface area contributed by atoms with Crippen LogP contribution < -0.4 is 0 Å². The van der Waals surface area contributed by atoms with E-state index in [1.165, 1.54) is 31.4 Å². The summed E-state index contributed by atoms with van der Waals surface area (Å²) in [5.41, 5.74) is 0.637. The SMILES string of the molecule is COC(=O)c1ccc(C(O)C(O)CC(=O)O)cc1. The topological polar surface area (TPSA) is 104 Å². The minimum absolute atomic E-state index is 0.307. The van der Waals surface area contributed by atoms with Gasteiger partial charge in [-0.15, -0.1) is 0 Å². The van der Waals surface area contributed by atoms with Crippen molar-refractivity contribution in [3.63, 3.8) is 0 Å². The average molecular weight is 254 g/mol. The number of rotatable bonds is 5. The van der Waals surface area contributed by atoms with Gasteiger partial charge in [0.15, 0.2) is 0 Å². The van der Waals surface area contributed by atoms with Crippen LogP contribution in [0.15, 0.2) is 24.3 Å². The molecule has 3 N–H and O–H groups in total. The number of carbonyl (C=O) groups excluding carboxylic acids is 1. The van der Waals surface area contributed by atoms with Crippen molar-refractivity contribution in [2.24, 2.45) is 0 Å². The lowest BCUT2D eigenvalue weighted by Gasteiger charge is -2.16. The number of benzene rings is 1. The lowest BCUT2D eigenvalue weighted by molar-refractivity contribution is -0.141. The summed E-state index contributed by atoms with van der Waals surface area (Å²) in [6.45, 7) is 0.